The summed E-state index contributed by atoms with van der Waals surface area (Å²) in [5.41, 5.74) is 4.99. The van der Waals surface area contributed by atoms with E-state index in [2.05, 4.69) is 15.9 Å². The van der Waals surface area contributed by atoms with Crippen LogP contribution in [0.15, 0.2) is 24.3 Å². The molecule has 0 spiro atoms. The molecule has 1 aromatic carbocycles. The maximum Gasteiger partial charge on any atom is 0.418 e. The summed E-state index contributed by atoms with van der Waals surface area (Å²) < 4.78 is 37.1. The molecule has 0 saturated heterocycles. The van der Waals surface area contributed by atoms with E-state index in [4.69, 9.17) is 5.73 Å². The second kappa shape index (κ2) is 5.39. The number of nitrogen functional groups attached to an aromatic ring is 1. The van der Waals surface area contributed by atoms with Crippen LogP contribution in [0.25, 0.3) is 6.08 Å². The van der Waals surface area contributed by atoms with E-state index in [1.165, 1.54) is 12.1 Å². The third kappa shape index (κ3) is 3.56. The lowest BCUT2D eigenvalue weighted by Gasteiger charge is -2.09. The first-order valence-electron chi connectivity index (χ1n) is 4.64. The summed E-state index contributed by atoms with van der Waals surface area (Å²) in [5, 5.41) is 0.819. The molecule has 16 heavy (non-hydrogen) atoms. The van der Waals surface area contributed by atoms with Crippen molar-refractivity contribution in [2.75, 3.05) is 11.1 Å². The van der Waals surface area contributed by atoms with Gasteiger partial charge in [0.25, 0.3) is 0 Å². The van der Waals surface area contributed by atoms with Crippen molar-refractivity contribution < 1.29 is 13.2 Å². The summed E-state index contributed by atoms with van der Waals surface area (Å²) in [4.78, 5) is 0. The smallest absolute Gasteiger partial charge is 0.398 e. The van der Waals surface area contributed by atoms with Gasteiger partial charge in [-0.25, -0.2) is 0 Å². The molecule has 5 heteroatoms. The van der Waals surface area contributed by atoms with E-state index in [-0.39, 0.29) is 5.69 Å². The van der Waals surface area contributed by atoms with Crippen molar-refractivity contribution in [2.45, 2.75) is 12.6 Å². The van der Waals surface area contributed by atoms with Crippen molar-refractivity contribution in [3.05, 3.63) is 35.4 Å². The van der Waals surface area contributed by atoms with Crippen LogP contribution in [0.5, 0.6) is 0 Å². The lowest BCUT2D eigenvalue weighted by atomic mass is 10.1. The third-order valence-corrected chi connectivity index (χ3v) is 2.42. The number of benzene rings is 1. The van der Waals surface area contributed by atoms with Gasteiger partial charge in [0.15, 0.2) is 0 Å². The highest BCUT2D eigenvalue weighted by molar-refractivity contribution is 9.09. The van der Waals surface area contributed by atoms with Crippen LogP contribution in [0, 0.1) is 0 Å². The number of rotatable bonds is 3. The van der Waals surface area contributed by atoms with E-state index in [9.17, 15) is 13.2 Å². The molecule has 1 rings (SSSR count). The Morgan fingerprint density at radius 2 is 2.00 bits per heavy atom. The minimum absolute atomic E-state index is 0.242. The molecule has 0 bridgehead atoms. The Kier molecular flexibility index (Phi) is 4.41. The van der Waals surface area contributed by atoms with Crippen molar-refractivity contribution in [1.29, 1.82) is 0 Å². The molecule has 0 aliphatic rings. The van der Waals surface area contributed by atoms with E-state index in [1.807, 2.05) is 6.08 Å². The number of alkyl halides is 4. The van der Waals surface area contributed by atoms with Crippen molar-refractivity contribution in [3.63, 3.8) is 0 Å². The lowest BCUT2D eigenvalue weighted by molar-refractivity contribution is -0.136. The fraction of sp³-hybridized carbons (Fsp3) is 0.273. The minimum Gasteiger partial charge on any atom is -0.398 e. The molecule has 0 amide bonds. The summed E-state index contributed by atoms with van der Waals surface area (Å²) >= 11 is 3.25. The maximum atomic E-state index is 12.4. The van der Waals surface area contributed by atoms with Gasteiger partial charge in [-0.3, -0.25) is 0 Å². The van der Waals surface area contributed by atoms with Gasteiger partial charge in [0, 0.05) is 11.0 Å². The average Bonchev–Trinajstić information content (AvgIpc) is 2.16. The largest absolute Gasteiger partial charge is 0.418 e. The third-order valence-electron chi connectivity index (χ3n) is 1.97. The standard InChI is InChI=1S/C11H11BrF3N/c12-6-2-1-3-8-4-5-9(10(16)7-8)11(13,14)15/h1,3-5,7H,2,6,16H2. The van der Waals surface area contributed by atoms with Gasteiger partial charge in [0.05, 0.1) is 5.56 Å². The number of anilines is 1. The summed E-state index contributed by atoms with van der Waals surface area (Å²) in [7, 11) is 0. The molecule has 0 radical (unpaired) electrons. The van der Waals surface area contributed by atoms with Crippen LogP contribution >= 0.6 is 15.9 Å². The summed E-state index contributed by atoms with van der Waals surface area (Å²) in [6.07, 6.45) is 0.0532. The second-order valence-electron chi connectivity index (χ2n) is 3.22. The Labute approximate surface area is 100 Å². The predicted molar refractivity (Wildman–Crippen MR) is 63.3 cm³/mol. The van der Waals surface area contributed by atoms with Gasteiger partial charge >= 0.3 is 6.18 Å². The molecule has 2 N–H and O–H groups in total. The molecule has 1 aromatic rings. The Hall–Kier alpha value is -0.970. The van der Waals surface area contributed by atoms with E-state index < -0.39 is 11.7 Å². The zero-order chi connectivity index (χ0) is 12.2. The van der Waals surface area contributed by atoms with Crippen LogP contribution in [-0.4, -0.2) is 5.33 Å². The second-order valence-corrected chi connectivity index (χ2v) is 4.02. The Bertz CT molecular complexity index is 385. The van der Waals surface area contributed by atoms with E-state index >= 15 is 0 Å². The molecular formula is C11H11BrF3N. The Balaban J connectivity index is 2.91. The number of halogens is 4. The molecule has 0 aromatic heterocycles. The molecule has 0 aliphatic heterocycles. The molecule has 0 fully saturated rings. The molecule has 0 atom stereocenters. The number of allylic oxidation sites excluding steroid dienone is 1. The average molecular weight is 294 g/mol. The quantitative estimate of drug-likeness (QED) is 0.659. The lowest BCUT2D eigenvalue weighted by Crippen LogP contribution is -2.08. The maximum absolute atomic E-state index is 12.4. The van der Waals surface area contributed by atoms with Gasteiger partial charge < -0.3 is 5.73 Å². The molecule has 1 nitrogen and oxygen atoms in total. The molecule has 0 aliphatic carbocycles. The summed E-state index contributed by atoms with van der Waals surface area (Å²) in [5.74, 6) is 0. The molecule has 88 valence electrons. The zero-order valence-corrected chi connectivity index (χ0v) is 9.98. The van der Waals surface area contributed by atoms with Crippen LogP contribution in [0.1, 0.15) is 17.5 Å². The first-order valence-corrected chi connectivity index (χ1v) is 5.76. The van der Waals surface area contributed by atoms with Gasteiger partial charge in [-0.1, -0.05) is 34.1 Å². The monoisotopic (exact) mass is 293 g/mol. The first-order chi connectivity index (χ1) is 7.45. The highest BCUT2D eigenvalue weighted by Crippen LogP contribution is 2.33. The molecule has 0 saturated carbocycles. The highest BCUT2D eigenvalue weighted by atomic mass is 79.9. The van der Waals surface area contributed by atoms with Crippen molar-refractivity contribution in [2.24, 2.45) is 0 Å². The molecule has 0 unspecified atom stereocenters. The van der Waals surface area contributed by atoms with Crippen LogP contribution < -0.4 is 5.73 Å². The van der Waals surface area contributed by atoms with Gasteiger partial charge in [0.2, 0.25) is 0 Å². The van der Waals surface area contributed by atoms with E-state index in [1.54, 1.807) is 6.08 Å². The van der Waals surface area contributed by atoms with Crippen molar-refractivity contribution in [1.82, 2.24) is 0 Å². The number of nitrogens with two attached hydrogens (primary N) is 1. The molecule has 0 heterocycles. The fourth-order valence-electron chi connectivity index (χ4n) is 1.23. The SMILES string of the molecule is Nc1cc(C=CCCBr)ccc1C(F)(F)F. The van der Waals surface area contributed by atoms with Crippen LogP contribution in [-0.2, 0) is 6.18 Å². The zero-order valence-electron chi connectivity index (χ0n) is 8.39. The summed E-state index contributed by atoms with van der Waals surface area (Å²) in [6, 6.07) is 3.74. The first kappa shape index (κ1) is 13.1. The van der Waals surface area contributed by atoms with Gasteiger partial charge in [0.1, 0.15) is 0 Å². The van der Waals surface area contributed by atoms with E-state index in [0.29, 0.717) is 5.56 Å². The van der Waals surface area contributed by atoms with Gasteiger partial charge in [-0.15, -0.1) is 0 Å². The molecular weight excluding hydrogens is 283 g/mol. The highest BCUT2D eigenvalue weighted by Gasteiger charge is 2.32. The van der Waals surface area contributed by atoms with Gasteiger partial charge in [-0.05, 0) is 24.1 Å². The van der Waals surface area contributed by atoms with Crippen molar-refractivity contribution in [3.8, 4) is 0 Å². The van der Waals surface area contributed by atoms with E-state index in [0.717, 1.165) is 17.8 Å². The number of hydrogen-bond acceptors (Lipinski definition) is 1. The summed E-state index contributed by atoms with van der Waals surface area (Å²) in [6.45, 7) is 0. The van der Waals surface area contributed by atoms with Gasteiger partial charge in [-0.2, -0.15) is 13.2 Å². The Morgan fingerprint density at radius 3 is 2.50 bits per heavy atom. The fourth-order valence-corrected chi connectivity index (χ4v) is 1.49. The van der Waals surface area contributed by atoms with Crippen LogP contribution in [0.4, 0.5) is 18.9 Å². The normalized spacial score (nSPS) is 12.2. The topological polar surface area (TPSA) is 26.0 Å². The number of hydrogen-bond donors (Lipinski definition) is 1. The minimum atomic E-state index is -4.39. The Morgan fingerprint density at radius 1 is 1.31 bits per heavy atom. The van der Waals surface area contributed by atoms with Crippen molar-refractivity contribution >= 4 is 27.7 Å². The predicted octanol–water partition coefficient (Wildman–Crippen LogP) is 4.09. The van der Waals surface area contributed by atoms with Crippen LogP contribution in [0.3, 0.4) is 0 Å². The van der Waals surface area contributed by atoms with Crippen LogP contribution in [0.2, 0.25) is 0 Å².